The molecule has 0 aliphatic rings. The predicted molar refractivity (Wildman–Crippen MR) is 138 cm³/mol. The van der Waals surface area contributed by atoms with Gasteiger partial charge in [-0.25, -0.2) is 4.98 Å². The van der Waals surface area contributed by atoms with E-state index >= 15 is 0 Å². The molecule has 4 aromatic rings. The molecule has 0 bridgehead atoms. The Labute approximate surface area is 201 Å². The molecule has 7 heteroatoms. The van der Waals surface area contributed by atoms with Gasteiger partial charge in [-0.05, 0) is 60.9 Å². The van der Waals surface area contributed by atoms with Crippen molar-refractivity contribution in [2.45, 2.75) is 36.8 Å². The van der Waals surface area contributed by atoms with E-state index in [2.05, 4.69) is 21.7 Å². The largest absolute Gasteiger partial charge is 0.326 e. The molecular formula is C26H25N3O2S2. The molecule has 168 valence electrons. The SMILES string of the molecule is CCCC(=O)Nc1ccc(SC(C(=O)Nc2nc3ccc(C)cc3s2)c2ccccc2)cc1. The third kappa shape index (κ3) is 6.00. The number of hydrogen-bond acceptors (Lipinski definition) is 5. The van der Waals surface area contributed by atoms with Crippen molar-refractivity contribution in [3.05, 3.63) is 83.9 Å². The lowest BCUT2D eigenvalue weighted by Gasteiger charge is -2.16. The van der Waals surface area contributed by atoms with Crippen LogP contribution in [0.5, 0.6) is 0 Å². The monoisotopic (exact) mass is 475 g/mol. The van der Waals surface area contributed by atoms with Crippen molar-refractivity contribution in [3.63, 3.8) is 0 Å². The summed E-state index contributed by atoms with van der Waals surface area (Å²) in [6.45, 7) is 4.02. The molecule has 1 heterocycles. The van der Waals surface area contributed by atoms with Crippen LogP contribution in [0.4, 0.5) is 10.8 Å². The second kappa shape index (κ2) is 10.6. The summed E-state index contributed by atoms with van der Waals surface area (Å²) in [6, 6.07) is 23.4. The number of anilines is 2. The molecule has 0 aliphatic heterocycles. The average molecular weight is 476 g/mol. The molecule has 0 saturated carbocycles. The molecule has 1 aromatic heterocycles. The third-order valence-electron chi connectivity index (χ3n) is 4.98. The lowest BCUT2D eigenvalue weighted by Crippen LogP contribution is -2.18. The molecule has 1 unspecified atom stereocenters. The van der Waals surface area contributed by atoms with E-state index in [4.69, 9.17) is 0 Å². The zero-order valence-corrected chi connectivity index (χ0v) is 20.1. The number of amides is 2. The number of thiazole rings is 1. The van der Waals surface area contributed by atoms with E-state index in [0.717, 1.165) is 38.3 Å². The van der Waals surface area contributed by atoms with E-state index < -0.39 is 5.25 Å². The second-order valence-corrected chi connectivity index (χ2v) is 9.92. The first-order valence-corrected chi connectivity index (χ1v) is 12.5. The zero-order chi connectivity index (χ0) is 23.2. The molecule has 0 saturated heterocycles. The fraction of sp³-hybridized carbons (Fsp3) is 0.192. The van der Waals surface area contributed by atoms with Gasteiger partial charge in [-0.3, -0.25) is 9.59 Å². The number of nitrogens with zero attached hydrogens (tertiary/aromatic N) is 1. The molecule has 2 amide bonds. The summed E-state index contributed by atoms with van der Waals surface area (Å²) in [6.07, 6.45) is 1.31. The average Bonchev–Trinajstić information content (AvgIpc) is 3.20. The van der Waals surface area contributed by atoms with Gasteiger partial charge in [-0.15, -0.1) is 11.8 Å². The van der Waals surface area contributed by atoms with Crippen LogP contribution in [-0.2, 0) is 9.59 Å². The Morgan fingerprint density at radius 3 is 2.48 bits per heavy atom. The zero-order valence-electron chi connectivity index (χ0n) is 18.5. The maximum absolute atomic E-state index is 13.3. The fourth-order valence-corrected chi connectivity index (χ4v) is 5.35. The van der Waals surface area contributed by atoms with Gasteiger partial charge in [0.1, 0.15) is 5.25 Å². The van der Waals surface area contributed by atoms with Crippen LogP contribution in [0.2, 0.25) is 0 Å². The van der Waals surface area contributed by atoms with Crippen molar-refractivity contribution in [3.8, 4) is 0 Å². The lowest BCUT2D eigenvalue weighted by molar-refractivity contribution is -0.116. The number of thioether (sulfide) groups is 1. The Kier molecular flexibility index (Phi) is 7.42. The summed E-state index contributed by atoms with van der Waals surface area (Å²) in [7, 11) is 0. The molecule has 5 nitrogen and oxygen atoms in total. The van der Waals surface area contributed by atoms with Gasteiger partial charge >= 0.3 is 0 Å². The molecule has 3 aromatic carbocycles. The van der Waals surface area contributed by atoms with Crippen LogP contribution in [0.15, 0.2) is 77.7 Å². The number of nitrogens with one attached hydrogen (secondary N) is 2. The van der Waals surface area contributed by atoms with Crippen molar-refractivity contribution in [1.82, 2.24) is 4.98 Å². The number of benzene rings is 3. The topological polar surface area (TPSA) is 71.1 Å². The number of hydrogen-bond donors (Lipinski definition) is 2. The lowest BCUT2D eigenvalue weighted by atomic mass is 10.1. The van der Waals surface area contributed by atoms with E-state index in [1.54, 1.807) is 0 Å². The van der Waals surface area contributed by atoms with Gasteiger partial charge < -0.3 is 10.6 Å². The summed E-state index contributed by atoms with van der Waals surface area (Å²) >= 11 is 2.95. The van der Waals surface area contributed by atoms with Crippen molar-refractivity contribution in [2.24, 2.45) is 0 Å². The summed E-state index contributed by atoms with van der Waals surface area (Å²) in [5.41, 5.74) is 3.71. The van der Waals surface area contributed by atoms with E-state index in [0.29, 0.717) is 11.6 Å². The number of fused-ring (bicyclic) bond motifs is 1. The first-order valence-electron chi connectivity index (χ1n) is 10.8. The maximum Gasteiger partial charge on any atom is 0.244 e. The van der Waals surface area contributed by atoms with Crippen LogP contribution in [0.1, 0.15) is 36.1 Å². The van der Waals surface area contributed by atoms with Gasteiger partial charge in [0, 0.05) is 17.0 Å². The van der Waals surface area contributed by atoms with Crippen molar-refractivity contribution in [2.75, 3.05) is 10.6 Å². The number of aromatic nitrogens is 1. The van der Waals surface area contributed by atoms with Gasteiger partial charge in [-0.2, -0.15) is 0 Å². The smallest absolute Gasteiger partial charge is 0.244 e. The Balaban J connectivity index is 1.52. The first-order chi connectivity index (χ1) is 16.0. The highest BCUT2D eigenvalue weighted by molar-refractivity contribution is 8.00. The van der Waals surface area contributed by atoms with E-state index in [-0.39, 0.29) is 11.8 Å². The van der Waals surface area contributed by atoms with E-state index in [1.165, 1.54) is 23.1 Å². The molecule has 0 aliphatic carbocycles. The molecule has 0 fully saturated rings. The summed E-state index contributed by atoms with van der Waals surface area (Å²) in [5.74, 6) is -0.118. The van der Waals surface area contributed by atoms with Crippen LogP contribution in [-0.4, -0.2) is 16.8 Å². The van der Waals surface area contributed by atoms with Crippen LogP contribution in [0.25, 0.3) is 10.2 Å². The first kappa shape index (κ1) is 23.0. The molecule has 4 rings (SSSR count). The second-order valence-electron chi connectivity index (χ2n) is 7.71. The minimum atomic E-state index is -0.444. The third-order valence-corrected chi connectivity index (χ3v) is 7.18. The highest BCUT2D eigenvalue weighted by atomic mass is 32.2. The Morgan fingerprint density at radius 1 is 1.00 bits per heavy atom. The van der Waals surface area contributed by atoms with Crippen LogP contribution in [0, 0.1) is 6.92 Å². The Bertz CT molecular complexity index is 1250. The van der Waals surface area contributed by atoms with E-state index in [1.807, 2.05) is 80.6 Å². The molecule has 2 N–H and O–H groups in total. The highest BCUT2D eigenvalue weighted by Crippen LogP contribution is 2.37. The standard InChI is InChI=1S/C26H25N3O2S2/c1-3-7-23(30)27-19-11-13-20(14-12-19)32-24(18-8-5-4-6-9-18)25(31)29-26-28-21-15-10-17(2)16-22(21)33-26/h4-6,8-16,24H,3,7H2,1-2H3,(H,27,30)(H,28,29,31). The molecule has 1 atom stereocenters. The highest BCUT2D eigenvalue weighted by Gasteiger charge is 2.23. The van der Waals surface area contributed by atoms with Crippen molar-refractivity contribution >= 4 is 55.9 Å². The van der Waals surface area contributed by atoms with Crippen molar-refractivity contribution in [1.29, 1.82) is 0 Å². The van der Waals surface area contributed by atoms with Gasteiger partial charge in [0.15, 0.2) is 5.13 Å². The summed E-state index contributed by atoms with van der Waals surface area (Å²) in [4.78, 5) is 30.7. The molecular weight excluding hydrogens is 450 g/mol. The van der Waals surface area contributed by atoms with Gasteiger partial charge in [0.2, 0.25) is 11.8 Å². The van der Waals surface area contributed by atoms with E-state index in [9.17, 15) is 9.59 Å². The molecule has 33 heavy (non-hydrogen) atoms. The number of rotatable bonds is 8. The summed E-state index contributed by atoms with van der Waals surface area (Å²) < 4.78 is 1.05. The number of carbonyl (C=O) groups excluding carboxylic acids is 2. The van der Waals surface area contributed by atoms with Gasteiger partial charge in [-0.1, -0.05) is 54.7 Å². The Morgan fingerprint density at radius 2 is 1.76 bits per heavy atom. The van der Waals surface area contributed by atoms with Crippen LogP contribution in [0.3, 0.4) is 0 Å². The van der Waals surface area contributed by atoms with Gasteiger partial charge in [0.05, 0.1) is 10.2 Å². The molecule has 0 spiro atoms. The minimum Gasteiger partial charge on any atom is -0.326 e. The number of carbonyl (C=O) groups is 2. The van der Waals surface area contributed by atoms with Crippen molar-refractivity contribution < 1.29 is 9.59 Å². The van der Waals surface area contributed by atoms with Gasteiger partial charge in [0.25, 0.3) is 0 Å². The predicted octanol–water partition coefficient (Wildman–Crippen LogP) is 6.82. The summed E-state index contributed by atoms with van der Waals surface area (Å²) in [5, 5.41) is 6.05. The number of aryl methyl sites for hydroxylation is 1. The molecule has 0 radical (unpaired) electrons. The quantitative estimate of drug-likeness (QED) is 0.274. The Hall–Kier alpha value is -3.16. The minimum absolute atomic E-state index is 0.00507. The van der Waals surface area contributed by atoms with Crippen LogP contribution >= 0.6 is 23.1 Å². The maximum atomic E-state index is 13.3. The normalized spacial score (nSPS) is 11.8. The fourth-order valence-electron chi connectivity index (χ4n) is 3.36. The van der Waals surface area contributed by atoms with Crippen LogP contribution < -0.4 is 10.6 Å².